The van der Waals surface area contributed by atoms with Crippen molar-refractivity contribution in [3.63, 3.8) is 0 Å². The number of carbonyl (C=O) groups is 1. The number of aryl methyl sites for hydroxylation is 2. The average molecular weight is 289 g/mol. The van der Waals surface area contributed by atoms with Gasteiger partial charge < -0.3 is 5.11 Å². The number of nitrogens with zero attached hydrogens (tertiary/aromatic N) is 2. The van der Waals surface area contributed by atoms with Gasteiger partial charge in [0.1, 0.15) is 4.90 Å². The molecule has 19 heavy (non-hydrogen) atoms. The molecular formula is C11H19N3O4S. The van der Waals surface area contributed by atoms with Crippen molar-refractivity contribution in [1.82, 2.24) is 14.5 Å². The van der Waals surface area contributed by atoms with Crippen LogP contribution in [0.5, 0.6) is 0 Å². The zero-order valence-electron chi connectivity index (χ0n) is 11.7. The van der Waals surface area contributed by atoms with Gasteiger partial charge in [-0.2, -0.15) is 5.10 Å². The van der Waals surface area contributed by atoms with Crippen LogP contribution in [0, 0.1) is 13.8 Å². The van der Waals surface area contributed by atoms with E-state index in [2.05, 4.69) is 9.82 Å². The predicted octanol–water partition coefficient (Wildman–Crippen LogP) is 0.569. The van der Waals surface area contributed by atoms with Gasteiger partial charge in [-0.25, -0.2) is 13.1 Å². The molecule has 7 nitrogen and oxygen atoms in total. The van der Waals surface area contributed by atoms with E-state index in [0.29, 0.717) is 11.4 Å². The maximum Gasteiger partial charge on any atom is 0.305 e. The standard InChI is InChI=1S/C11H19N3O4S/c1-7-10(8(2)14(5)12-7)19(17,18)13-11(3,4)6-9(15)16/h13H,6H2,1-5H3,(H,15,16). The van der Waals surface area contributed by atoms with Crippen LogP contribution < -0.4 is 4.72 Å². The molecule has 1 heterocycles. The van der Waals surface area contributed by atoms with Crippen LogP contribution in [0.2, 0.25) is 0 Å². The second kappa shape index (κ2) is 4.93. The summed E-state index contributed by atoms with van der Waals surface area (Å²) in [6.45, 7) is 6.31. The third-order valence-electron chi connectivity index (χ3n) is 2.72. The molecule has 1 aromatic heterocycles. The van der Waals surface area contributed by atoms with Crippen molar-refractivity contribution in [2.45, 2.75) is 44.6 Å². The van der Waals surface area contributed by atoms with Gasteiger partial charge in [0, 0.05) is 12.6 Å². The first-order chi connectivity index (χ1) is 8.46. The smallest absolute Gasteiger partial charge is 0.305 e. The Morgan fingerprint density at radius 3 is 2.32 bits per heavy atom. The van der Waals surface area contributed by atoms with E-state index in [1.807, 2.05) is 0 Å². The average Bonchev–Trinajstić information content (AvgIpc) is 2.35. The highest BCUT2D eigenvalue weighted by atomic mass is 32.2. The van der Waals surface area contributed by atoms with Crippen molar-refractivity contribution in [1.29, 1.82) is 0 Å². The van der Waals surface area contributed by atoms with Gasteiger partial charge in [-0.15, -0.1) is 0 Å². The summed E-state index contributed by atoms with van der Waals surface area (Å²) in [6, 6.07) is 0. The molecule has 0 aliphatic heterocycles. The highest BCUT2D eigenvalue weighted by Crippen LogP contribution is 2.21. The molecular weight excluding hydrogens is 270 g/mol. The lowest BCUT2D eigenvalue weighted by atomic mass is 10.0. The van der Waals surface area contributed by atoms with Crippen LogP contribution in [0.15, 0.2) is 4.90 Å². The third kappa shape index (κ3) is 3.54. The SMILES string of the molecule is Cc1nn(C)c(C)c1S(=O)(=O)NC(C)(C)CC(=O)O. The first-order valence-corrected chi connectivity index (χ1v) is 7.20. The second-order valence-electron chi connectivity index (χ2n) is 5.18. The number of aromatic nitrogens is 2. The Morgan fingerprint density at radius 1 is 1.42 bits per heavy atom. The van der Waals surface area contributed by atoms with Gasteiger partial charge in [-0.3, -0.25) is 9.48 Å². The summed E-state index contributed by atoms with van der Waals surface area (Å²) < 4.78 is 28.5. The topological polar surface area (TPSA) is 101 Å². The first-order valence-electron chi connectivity index (χ1n) is 5.72. The molecule has 0 atom stereocenters. The van der Waals surface area contributed by atoms with Crippen LogP contribution in [-0.2, 0) is 21.9 Å². The second-order valence-corrected chi connectivity index (χ2v) is 6.80. The van der Waals surface area contributed by atoms with Gasteiger partial charge in [-0.1, -0.05) is 0 Å². The number of carboxylic acid groups (broad SMARTS) is 1. The summed E-state index contributed by atoms with van der Waals surface area (Å²) >= 11 is 0. The van der Waals surface area contributed by atoms with E-state index in [9.17, 15) is 13.2 Å². The molecule has 0 aliphatic rings. The van der Waals surface area contributed by atoms with Gasteiger partial charge in [0.05, 0.1) is 17.8 Å². The molecule has 0 saturated heterocycles. The molecule has 1 aromatic rings. The van der Waals surface area contributed by atoms with E-state index in [4.69, 9.17) is 5.11 Å². The zero-order chi connectivity index (χ0) is 15.0. The Morgan fingerprint density at radius 2 is 1.95 bits per heavy atom. The van der Waals surface area contributed by atoms with Crippen LogP contribution in [0.3, 0.4) is 0 Å². The minimum Gasteiger partial charge on any atom is -0.481 e. The summed E-state index contributed by atoms with van der Waals surface area (Å²) in [5.41, 5.74) is -0.172. The Labute approximate surface area is 112 Å². The van der Waals surface area contributed by atoms with Crippen molar-refractivity contribution in [2.24, 2.45) is 7.05 Å². The largest absolute Gasteiger partial charge is 0.481 e. The summed E-state index contributed by atoms with van der Waals surface area (Å²) in [6.07, 6.45) is -0.301. The van der Waals surface area contributed by atoms with Crippen LogP contribution in [0.1, 0.15) is 31.7 Å². The Bertz CT molecular complexity index is 602. The Balaban J connectivity index is 3.15. The number of carboxylic acids is 1. The van der Waals surface area contributed by atoms with E-state index >= 15 is 0 Å². The van der Waals surface area contributed by atoms with Crippen molar-refractivity contribution in [3.8, 4) is 0 Å². The quantitative estimate of drug-likeness (QED) is 0.825. The van der Waals surface area contributed by atoms with Crippen LogP contribution in [0.25, 0.3) is 0 Å². The molecule has 1 rings (SSSR count). The highest BCUT2D eigenvalue weighted by Gasteiger charge is 2.31. The number of hydrogen-bond donors (Lipinski definition) is 2. The van der Waals surface area contributed by atoms with E-state index in [1.54, 1.807) is 20.9 Å². The fourth-order valence-electron chi connectivity index (χ4n) is 1.97. The minimum absolute atomic E-state index is 0.105. The molecule has 0 saturated carbocycles. The third-order valence-corrected chi connectivity index (χ3v) is 4.66. The lowest BCUT2D eigenvalue weighted by molar-refractivity contribution is -0.138. The number of rotatable bonds is 5. The van der Waals surface area contributed by atoms with Gasteiger partial charge in [0.25, 0.3) is 0 Å². The van der Waals surface area contributed by atoms with Crippen LogP contribution in [-0.4, -0.2) is 34.8 Å². The lowest BCUT2D eigenvalue weighted by Crippen LogP contribution is -2.45. The molecule has 0 unspecified atom stereocenters. The maximum absolute atomic E-state index is 12.3. The van der Waals surface area contributed by atoms with E-state index in [-0.39, 0.29) is 11.3 Å². The normalized spacial score (nSPS) is 12.7. The molecule has 0 bridgehead atoms. The predicted molar refractivity (Wildman–Crippen MR) is 69.3 cm³/mol. The minimum atomic E-state index is -3.80. The van der Waals surface area contributed by atoms with Crippen LogP contribution >= 0.6 is 0 Å². The monoisotopic (exact) mass is 289 g/mol. The Hall–Kier alpha value is -1.41. The number of sulfonamides is 1. The molecule has 0 amide bonds. The van der Waals surface area contributed by atoms with Crippen LogP contribution in [0.4, 0.5) is 0 Å². The van der Waals surface area contributed by atoms with Gasteiger partial charge >= 0.3 is 5.97 Å². The summed E-state index contributed by atoms with van der Waals surface area (Å²) in [5.74, 6) is -1.06. The number of hydrogen-bond acceptors (Lipinski definition) is 4. The highest BCUT2D eigenvalue weighted by molar-refractivity contribution is 7.89. The maximum atomic E-state index is 12.3. The molecule has 0 aliphatic carbocycles. The van der Waals surface area contributed by atoms with E-state index < -0.39 is 21.5 Å². The first kappa shape index (κ1) is 15.6. The summed E-state index contributed by atoms with van der Waals surface area (Å²) in [7, 11) is -2.14. The lowest BCUT2D eigenvalue weighted by Gasteiger charge is -2.24. The molecule has 0 aromatic carbocycles. The molecule has 0 radical (unpaired) electrons. The van der Waals surface area contributed by atoms with Crippen molar-refractivity contribution in [3.05, 3.63) is 11.4 Å². The molecule has 2 N–H and O–H groups in total. The summed E-state index contributed by atoms with van der Waals surface area (Å²) in [5, 5.41) is 12.8. The number of nitrogens with one attached hydrogen (secondary N) is 1. The summed E-state index contributed by atoms with van der Waals surface area (Å²) in [4.78, 5) is 10.8. The molecule has 0 fully saturated rings. The van der Waals surface area contributed by atoms with Gasteiger partial charge in [0.2, 0.25) is 10.0 Å². The molecule has 108 valence electrons. The van der Waals surface area contributed by atoms with Crippen molar-refractivity contribution < 1.29 is 18.3 Å². The van der Waals surface area contributed by atoms with E-state index in [1.165, 1.54) is 18.5 Å². The van der Waals surface area contributed by atoms with Gasteiger partial charge in [-0.05, 0) is 27.7 Å². The molecule has 0 spiro atoms. The van der Waals surface area contributed by atoms with E-state index in [0.717, 1.165) is 0 Å². The zero-order valence-corrected chi connectivity index (χ0v) is 12.5. The fourth-order valence-corrected chi connectivity index (χ4v) is 3.82. The Kier molecular flexibility index (Phi) is 4.06. The number of aliphatic carboxylic acids is 1. The molecule has 8 heteroatoms. The van der Waals surface area contributed by atoms with Gasteiger partial charge in [0.15, 0.2) is 0 Å². The fraction of sp³-hybridized carbons (Fsp3) is 0.636. The van der Waals surface area contributed by atoms with Crippen molar-refractivity contribution >= 4 is 16.0 Å². The van der Waals surface area contributed by atoms with Crippen molar-refractivity contribution in [2.75, 3.05) is 0 Å².